The Bertz CT molecular complexity index is 513. The number of hydrogen-bond donors (Lipinski definition) is 1. The smallest absolute Gasteiger partial charge is 0.411 e. The second-order valence-electron chi connectivity index (χ2n) is 6.65. The number of anilines is 1. The highest BCUT2D eigenvalue weighted by atomic mass is 16.6. The largest absolute Gasteiger partial charge is 0.494 e. The fourth-order valence-corrected chi connectivity index (χ4v) is 3.07. The second-order valence-corrected chi connectivity index (χ2v) is 6.65. The first-order valence-electron chi connectivity index (χ1n) is 9.64. The van der Waals surface area contributed by atoms with E-state index >= 15 is 0 Å². The Balaban J connectivity index is 1.73. The summed E-state index contributed by atoms with van der Waals surface area (Å²) in [4.78, 5) is 14.5. The Morgan fingerprint density at radius 2 is 2.00 bits per heavy atom. The van der Waals surface area contributed by atoms with E-state index in [0.717, 1.165) is 44.6 Å². The molecule has 1 heterocycles. The molecule has 0 radical (unpaired) electrons. The minimum atomic E-state index is -0.378. The lowest BCUT2D eigenvalue weighted by Gasteiger charge is -2.31. The summed E-state index contributed by atoms with van der Waals surface area (Å²) < 4.78 is 11.3. The topological polar surface area (TPSA) is 50.8 Å². The van der Waals surface area contributed by atoms with E-state index in [9.17, 15) is 4.79 Å². The van der Waals surface area contributed by atoms with E-state index in [1.54, 1.807) is 0 Å². The van der Waals surface area contributed by atoms with Crippen molar-refractivity contribution in [2.45, 2.75) is 58.5 Å². The van der Waals surface area contributed by atoms with E-state index in [1.807, 2.05) is 24.3 Å². The first kappa shape index (κ1) is 19.6. The molecule has 25 heavy (non-hydrogen) atoms. The van der Waals surface area contributed by atoms with Crippen molar-refractivity contribution >= 4 is 11.8 Å². The highest BCUT2D eigenvalue weighted by Crippen LogP contribution is 2.19. The number of piperidine rings is 1. The Kier molecular flexibility index (Phi) is 8.60. The zero-order valence-corrected chi connectivity index (χ0v) is 15.6. The summed E-state index contributed by atoms with van der Waals surface area (Å²) in [5.41, 5.74) is 0.710. The van der Waals surface area contributed by atoms with Crippen LogP contribution in [0.2, 0.25) is 0 Å². The molecule has 0 aromatic heterocycles. The molecule has 0 unspecified atom stereocenters. The van der Waals surface area contributed by atoms with Gasteiger partial charge in [-0.15, -0.1) is 0 Å². The molecule has 140 valence electrons. The average Bonchev–Trinajstić information content (AvgIpc) is 2.61. The third-order valence-electron chi connectivity index (χ3n) is 4.45. The van der Waals surface area contributed by atoms with Crippen LogP contribution in [0.4, 0.5) is 10.5 Å². The number of likely N-dealkylation sites (tertiary alicyclic amines) is 1. The number of nitrogens with one attached hydrogen (secondary N) is 1. The van der Waals surface area contributed by atoms with Gasteiger partial charge in [-0.05, 0) is 44.4 Å². The number of hydrogen-bond acceptors (Lipinski definition) is 4. The lowest BCUT2D eigenvalue weighted by atomic mass is 10.1. The van der Waals surface area contributed by atoms with Gasteiger partial charge in [-0.3, -0.25) is 5.32 Å². The third kappa shape index (κ3) is 7.34. The molecule has 1 fully saturated rings. The van der Waals surface area contributed by atoms with E-state index in [-0.39, 0.29) is 12.2 Å². The molecular formula is C20H32N2O3. The van der Waals surface area contributed by atoms with Gasteiger partial charge in [0, 0.05) is 24.8 Å². The van der Waals surface area contributed by atoms with Crippen molar-refractivity contribution in [2.24, 2.45) is 0 Å². The van der Waals surface area contributed by atoms with Crippen LogP contribution in [0.5, 0.6) is 5.75 Å². The Morgan fingerprint density at radius 3 is 2.72 bits per heavy atom. The van der Waals surface area contributed by atoms with Gasteiger partial charge in [0.15, 0.2) is 0 Å². The minimum Gasteiger partial charge on any atom is -0.494 e. The maximum Gasteiger partial charge on any atom is 0.411 e. The molecule has 0 bridgehead atoms. The van der Waals surface area contributed by atoms with Gasteiger partial charge in [-0.25, -0.2) is 4.79 Å². The first-order chi connectivity index (χ1) is 12.2. The quantitative estimate of drug-likeness (QED) is 0.658. The van der Waals surface area contributed by atoms with Gasteiger partial charge in [0.25, 0.3) is 0 Å². The maximum atomic E-state index is 12.1. The summed E-state index contributed by atoms with van der Waals surface area (Å²) in [6.07, 6.45) is 6.02. The fraction of sp³-hybridized carbons (Fsp3) is 0.650. The zero-order chi connectivity index (χ0) is 17.9. The van der Waals surface area contributed by atoms with E-state index in [2.05, 4.69) is 24.1 Å². The van der Waals surface area contributed by atoms with Crippen molar-refractivity contribution in [3.63, 3.8) is 0 Å². The first-order valence-corrected chi connectivity index (χ1v) is 9.64. The molecule has 1 N–H and O–H groups in total. The summed E-state index contributed by atoms with van der Waals surface area (Å²) in [7, 11) is 0. The number of carbonyl (C=O) groups excluding carboxylic acids is 1. The zero-order valence-electron chi connectivity index (χ0n) is 15.6. The van der Waals surface area contributed by atoms with Crippen LogP contribution in [-0.2, 0) is 4.74 Å². The summed E-state index contributed by atoms with van der Waals surface area (Å²) >= 11 is 0. The van der Waals surface area contributed by atoms with Crippen molar-refractivity contribution < 1.29 is 14.3 Å². The molecule has 1 saturated heterocycles. The van der Waals surface area contributed by atoms with Crippen LogP contribution in [0.3, 0.4) is 0 Å². The van der Waals surface area contributed by atoms with Gasteiger partial charge in [0.2, 0.25) is 0 Å². The highest BCUT2D eigenvalue weighted by molar-refractivity contribution is 5.84. The van der Waals surface area contributed by atoms with E-state index in [1.165, 1.54) is 19.3 Å². The van der Waals surface area contributed by atoms with Crippen molar-refractivity contribution in [1.29, 1.82) is 0 Å². The molecule has 1 aliphatic rings. The Hall–Kier alpha value is -1.75. The molecule has 0 atom stereocenters. The van der Waals surface area contributed by atoms with Crippen LogP contribution in [0.1, 0.15) is 52.4 Å². The normalized spacial score (nSPS) is 15.8. The number of ether oxygens (including phenoxy) is 2. The van der Waals surface area contributed by atoms with Crippen LogP contribution < -0.4 is 10.1 Å². The molecule has 1 aromatic carbocycles. The van der Waals surface area contributed by atoms with Crippen LogP contribution in [0.15, 0.2) is 24.3 Å². The Labute approximate surface area is 151 Å². The predicted octanol–water partition coefficient (Wildman–Crippen LogP) is 4.68. The average molecular weight is 348 g/mol. The number of unbranched alkanes of at least 4 members (excludes halogenated alkanes) is 2. The van der Waals surface area contributed by atoms with Crippen molar-refractivity contribution in [2.75, 3.05) is 31.6 Å². The van der Waals surface area contributed by atoms with Crippen molar-refractivity contribution in [1.82, 2.24) is 4.90 Å². The van der Waals surface area contributed by atoms with Gasteiger partial charge < -0.3 is 14.4 Å². The predicted molar refractivity (Wildman–Crippen MR) is 101 cm³/mol. The van der Waals surface area contributed by atoms with Crippen LogP contribution in [0, 0.1) is 0 Å². The monoisotopic (exact) mass is 348 g/mol. The van der Waals surface area contributed by atoms with Crippen molar-refractivity contribution in [3.8, 4) is 5.75 Å². The number of carbonyl (C=O) groups is 1. The number of amides is 1. The molecular weight excluding hydrogens is 316 g/mol. The standard InChI is InChI=1S/C20H32N2O3/c1-3-5-6-15-24-19-9-7-8-17(16-19)21-20(23)25-18-10-13-22(12-4-2)14-11-18/h7-9,16,18H,3-6,10-15H2,1-2H3,(H,21,23). The van der Waals surface area contributed by atoms with E-state index < -0.39 is 0 Å². The van der Waals surface area contributed by atoms with Gasteiger partial charge in [-0.2, -0.15) is 0 Å². The minimum absolute atomic E-state index is 0.0154. The van der Waals surface area contributed by atoms with Crippen LogP contribution >= 0.6 is 0 Å². The van der Waals surface area contributed by atoms with E-state index in [0.29, 0.717) is 12.3 Å². The van der Waals surface area contributed by atoms with Crippen LogP contribution in [0.25, 0.3) is 0 Å². The number of nitrogens with zero attached hydrogens (tertiary/aromatic N) is 1. The highest BCUT2D eigenvalue weighted by Gasteiger charge is 2.21. The molecule has 2 rings (SSSR count). The summed E-state index contributed by atoms with van der Waals surface area (Å²) in [5, 5.41) is 2.81. The molecule has 0 saturated carbocycles. The van der Waals surface area contributed by atoms with Gasteiger partial charge >= 0.3 is 6.09 Å². The van der Waals surface area contributed by atoms with Gasteiger partial charge in [0.05, 0.1) is 6.61 Å². The summed E-state index contributed by atoms with van der Waals surface area (Å²) in [6.45, 7) is 8.21. The lowest BCUT2D eigenvalue weighted by molar-refractivity contribution is 0.0590. The number of benzene rings is 1. The molecule has 5 nitrogen and oxygen atoms in total. The molecule has 1 aliphatic heterocycles. The molecule has 1 aromatic rings. The number of rotatable bonds is 9. The van der Waals surface area contributed by atoms with Gasteiger partial charge in [-0.1, -0.05) is 32.8 Å². The van der Waals surface area contributed by atoms with Crippen molar-refractivity contribution in [3.05, 3.63) is 24.3 Å². The summed E-state index contributed by atoms with van der Waals surface area (Å²) in [6, 6.07) is 7.49. The third-order valence-corrected chi connectivity index (χ3v) is 4.45. The maximum absolute atomic E-state index is 12.1. The summed E-state index contributed by atoms with van der Waals surface area (Å²) in [5.74, 6) is 0.779. The molecule has 0 aliphatic carbocycles. The second kappa shape index (κ2) is 11.0. The SMILES string of the molecule is CCCCCOc1cccc(NC(=O)OC2CCN(CCC)CC2)c1. The lowest BCUT2D eigenvalue weighted by Crippen LogP contribution is -2.38. The molecule has 1 amide bonds. The molecule has 0 spiro atoms. The molecule has 5 heteroatoms. The fourth-order valence-electron chi connectivity index (χ4n) is 3.07. The Morgan fingerprint density at radius 1 is 1.20 bits per heavy atom. The van der Waals surface area contributed by atoms with Crippen LogP contribution in [-0.4, -0.2) is 43.3 Å². The van der Waals surface area contributed by atoms with Gasteiger partial charge in [0.1, 0.15) is 11.9 Å². The van der Waals surface area contributed by atoms with E-state index in [4.69, 9.17) is 9.47 Å².